The molecule has 1 unspecified atom stereocenters. The van der Waals surface area contributed by atoms with E-state index in [-0.39, 0.29) is 6.04 Å². The van der Waals surface area contributed by atoms with Gasteiger partial charge in [-0.05, 0) is 6.92 Å². The molecule has 1 aromatic heterocycles. The normalized spacial score (nSPS) is 19.5. The van der Waals surface area contributed by atoms with Crippen LogP contribution in [0, 0.1) is 6.92 Å². The minimum Gasteiger partial charge on any atom is -0.379 e. The summed E-state index contributed by atoms with van der Waals surface area (Å²) < 4.78 is 7.15. The number of aromatic nitrogens is 2. The van der Waals surface area contributed by atoms with Gasteiger partial charge in [0.25, 0.3) is 0 Å². The molecule has 0 saturated carbocycles. The van der Waals surface area contributed by atoms with E-state index in [0.29, 0.717) is 6.54 Å². The van der Waals surface area contributed by atoms with Crippen LogP contribution in [0.5, 0.6) is 0 Å². The number of hydrazine groups is 1. The van der Waals surface area contributed by atoms with Gasteiger partial charge in [0.15, 0.2) is 0 Å². The molecule has 0 amide bonds. The molecule has 0 aromatic carbocycles. The minimum atomic E-state index is 0.127. The molecule has 96 valence electrons. The van der Waals surface area contributed by atoms with Crippen LogP contribution in [0.25, 0.3) is 0 Å². The van der Waals surface area contributed by atoms with E-state index in [1.165, 1.54) is 5.56 Å². The first-order chi connectivity index (χ1) is 8.20. The molecule has 1 aliphatic rings. The Morgan fingerprint density at radius 1 is 1.53 bits per heavy atom. The lowest BCUT2D eigenvalue weighted by atomic mass is 10.1. The molecule has 17 heavy (non-hydrogen) atoms. The summed E-state index contributed by atoms with van der Waals surface area (Å²) in [5, 5.41) is 6.52. The first-order valence-corrected chi connectivity index (χ1v) is 5.99. The van der Waals surface area contributed by atoms with Crippen LogP contribution >= 0.6 is 0 Å². The minimum absolute atomic E-state index is 0.127. The molecule has 1 aliphatic heterocycles. The van der Waals surface area contributed by atoms with Gasteiger partial charge in [0.05, 0.1) is 24.9 Å². The average molecular weight is 239 g/mol. The molecule has 0 bridgehead atoms. The van der Waals surface area contributed by atoms with Gasteiger partial charge in [-0.15, -0.1) is 0 Å². The largest absolute Gasteiger partial charge is 0.379 e. The lowest BCUT2D eigenvalue weighted by Crippen LogP contribution is -2.48. The number of hydrogen-bond acceptors (Lipinski definition) is 5. The van der Waals surface area contributed by atoms with Gasteiger partial charge in [0, 0.05) is 38.4 Å². The molecule has 1 saturated heterocycles. The number of nitrogens with two attached hydrogens (primary N) is 1. The number of nitrogens with one attached hydrogen (secondary N) is 1. The summed E-state index contributed by atoms with van der Waals surface area (Å²) in [5.41, 5.74) is 11.5. The van der Waals surface area contributed by atoms with Crippen LogP contribution in [0.4, 0.5) is 0 Å². The predicted molar refractivity (Wildman–Crippen MR) is 65.3 cm³/mol. The Balaban J connectivity index is 2.02. The maximum absolute atomic E-state index is 5.84. The van der Waals surface area contributed by atoms with Crippen LogP contribution in [-0.2, 0) is 11.8 Å². The van der Waals surface area contributed by atoms with Crippen molar-refractivity contribution >= 4 is 0 Å². The van der Waals surface area contributed by atoms with Crippen LogP contribution in [0.15, 0.2) is 6.20 Å². The zero-order chi connectivity index (χ0) is 12.3. The van der Waals surface area contributed by atoms with E-state index >= 15 is 0 Å². The second-order valence-electron chi connectivity index (χ2n) is 4.36. The molecule has 0 radical (unpaired) electrons. The highest BCUT2D eigenvalue weighted by molar-refractivity contribution is 5.20. The Morgan fingerprint density at radius 3 is 2.76 bits per heavy atom. The van der Waals surface area contributed by atoms with Gasteiger partial charge in [0.2, 0.25) is 0 Å². The van der Waals surface area contributed by atoms with E-state index < -0.39 is 0 Å². The molecule has 3 N–H and O–H groups in total. The van der Waals surface area contributed by atoms with Gasteiger partial charge in [-0.2, -0.15) is 5.10 Å². The molecule has 6 heteroatoms. The van der Waals surface area contributed by atoms with Crippen LogP contribution < -0.4 is 11.2 Å². The van der Waals surface area contributed by atoms with E-state index in [0.717, 1.165) is 32.0 Å². The maximum atomic E-state index is 5.84. The molecule has 2 heterocycles. The van der Waals surface area contributed by atoms with E-state index in [2.05, 4.69) is 15.5 Å². The first-order valence-electron chi connectivity index (χ1n) is 5.99. The van der Waals surface area contributed by atoms with Crippen LogP contribution in [0.1, 0.15) is 17.3 Å². The number of rotatable bonds is 4. The number of hydrogen-bond donors (Lipinski definition) is 2. The van der Waals surface area contributed by atoms with E-state index in [9.17, 15) is 0 Å². The first kappa shape index (κ1) is 12.5. The smallest absolute Gasteiger partial charge is 0.0642 e. The zero-order valence-corrected chi connectivity index (χ0v) is 10.5. The zero-order valence-electron chi connectivity index (χ0n) is 10.5. The fourth-order valence-electron chi connectivity index (χ4n) is 2.12. The summed E-state index contributed by atoms with van der Waals surface area (Å²) in [6, 6.07) is 0.127. The van der Waals surface area contributed by atoms with Crippen LogP contribution in [0.2, 0.25) is 0 Å². The Bertz CT molecular complexity index is 359. The van der Waals surface area contributed by atoms with Crippen molar-refractivity contribution in [2.75, 3.05) is 32.8 Å². The second-order valence-corrected chi connectivity index (χ2v) is 4.36. The Kier molecular flexibility index (Phi) is 4.11. The molecular formula is C11H21N5O. The van der Waals surface area contributed by atoms with E-state index in [4.69, 9.17) is 10.5 Å². The van der Waals surface area contributed by atoms with Gasteiger partial charge in [0.1, 0.15) is 0 Å². The topological polar surface area (TPSA) is 68.3 Å². The number of morpholine rings is 1. The van der Waals surface area contributed by atoms with Crippen LogP contribution in [0.3, 0.4) is 0 Å². The SMILES string of the molecule is Cc1nn(C)cc1C(CN)NN1CCOCC1. The van der Waals surface area contributed by atoms with Crippen molar-refractivity contribution in [3.63, 3.8) is 0 Å². The van der Waals surface area contributed by atoms with E-state index in [1.807, 2.05) is 24.9 Å². The van der Waals surface area contributed by atoms with Gasteiger partial charge in [-0.1, -0.05) is 0 Å². The summed E-state index contributed by atoms with van der Waals surface area (Å²) in [6.07, 6.45) is 2.03. The molecule has 0 aliphatic carbocycles. The summed E-state index contributed by atoms with van der Waals surface area (Å²) in [6.45, 7) is 5.92. The summed E-state index contributed by atoms with van der Waals surface area (Å²) in [4.78, 5) is 0. The third-order valence-electron chi connectivity index (χ3n) is 3.01. The van der Waals surface area contributed by atoms with Crippen LogP contribution in [-0.4, -0.2) is 47.6 Å². The maximum Gasteiger partial charge on any atom is 0.0642 e. The number of ether oxygens (including phenoxy) is 1. The van der Waals surface area contributed by atoms with Crippen molar-refractivity contribution in [2.45, 2.75) is 13.0 Å². The molecule has 1 aromatic rings. The highest BCUT2D eigenvalue weighted by Gasteiger charge is 2.19. The fourth-order valence-corrected chi connectivity index (χ4v) is 2.12. The van der Waals surface area contributed by atoms with Crippen molar-refractivity contribution in [2.24, 2.45) is 12.8 Å². The van der Waals surface area contributed by atoms with Crippen molar-refractivity contribution in [3.8, 4) is 0 Å². The highest BCUT2D eigenvalue weighted by atomic mass is 16.5. The third-order valence-corrected chi connectivity index (χ3v) is 3.01. The molecule has 6 nitrogen and oxygen atoms in total. The van der Waals surface area contributed by atoms with Crippen molar-refractivity contribution in [3.05, 3.63) is 17.5 Å². The molecular weight excluding hydrogens is 218 g/mol. The van der Waals surface area contributed by atoms with Gasteiger partial charge >= 0.3 is 0 Å². The van der Waals surface area contributed by atoms with Crippen molar-refractivity contribution in [1.82, 2.24) is 20.2 Å². The van der Waals surface area contributed by atoms with Crippen molar-refractivity contribution in [1.29, 1.82) is 0 Å². The molecule has 1 atom stereocenters. The van der Waals surface area contributed by atoms with E-state index in [1.54, 1.807) is 0 Å². The highest BCUT2D eigenvalue weighted by Crippen LogP contribution is 2.15. The quantitative estimate of drug-likeness (QED) is 0.746. The fraction of sp³-hybridized carbons (Fsp3) is 0.727. The summed E-state index contributed by atoms with van der Waals surface area (Å²) >= 11 is 0. The molecule has 1 fully saturated rings. The molecule has 0 spiro atoms. The van der Waals surface area contributed by atoms with Gasteiger partial charge in [-0.25, -0.2) is 10.4 Å². The Morgan fingerprint density at radius 2 is 2.24 bits per heavy atom. The lowest BCUT2D eigenvalue weighted by molar-refractivity contribution is 0.00400. The Hall–Kier alpha value is -0.950. The average Bonchev–Trinajstić information content (AvgIpc) is 2.67. The molecule has 2 rings (SSSR count). The second kappa shape index (κ2) is 5.59. The summed E-state index contributed by atoms with van der Waals surface area (Å²) in [5.74, 6) is 0. The number of aryl methyl sites for hydroxylation is 2. The van der Waals surface area contributed by atoms with Gasteiger partial charge in [-0.3, -0.25) is 4.68 Å². The standard InChI is InChI=1S/C11H21N5O/c1-9-10(8-15(2)13-9)11(7-12)14-16-3-5-17-6-4-16/h8,11,14H,3-7,12H2,1-2H3. The lowest BCUT2D eigenvalue weighted by Gasteiger charge is -2.31. The Labute approximate surface area is 102 Å². The third kappa shape index (κ3) is 3.04. The van der Waals surface area contributed by atoms with Gasteiger partial charge < -0.3 is 10.5 Å². The predicted octanol–water partition coefficient (Wildman–Crippen LogP) is -0.435. The summed E-state index contributed by atoms with van der Waals surface area (Å²) in [7, 11) is 1.93. The number of nitrogens with zero attached hydrogens (tertiary/aromatic N) is 3. The van der Waals surface area contributed by atoms with Crippen molar-refractivity contribution < 1.29 is 4.74 Å². The monoisotopic (exact) mass is 239 g/mol.